The monoisotopic (exact) mass is 300 g/mol. The van der Waals surface area contributed by atoms with Crippen LogP contribution in [-0.4, -0.2) is 30.5 Å². The Balaban J connectivity index is 2.12. The molecule has 20 heavy (non-hydrogen) atoms. The van der Waals surface area contributed by atoms with Crippen molar-refractivity contribution in [2.24, 2.45) is 17.6 Å². The molecule has 0 bridgehead atoms. The molecule has 1 aliphatic rings. The molecular weight excluding hydrogens is 268 g/mol. The molecule has 118 valence electrons. The van der Waals surface area contributed by atoms with Gasteiger partial charge in [-0.05, 0) is 43.1 Å². The van der Waals surface area contributed by atoms with Gasteiger partial charge in [-0.25, -0.2) is 0 Å². The van der Waals surface area contributed by atoms with Crippen LogP contribution in [0.15, 0.2) is 0 Å². The van der Waals surface area contributed by atoms with Crippen molar-refractivity contribution in [1.29, 1.82) is 0 Å². The molecule has 3 nitrogen and oxygen atoms in total. The van der Waals surface area contributed by atoms with Gasteiger partial charge in [0.15, 0.2) is 0 Å². The van der Waals surface area contributed by atoms with Gasteiger partial charge in [-0.1, -0.05) is 39.0 Å². The molecule has 0 aliphatic heterocycles. The molecule has 0 saturated heterocycles. The average molecular weight is 301 g/mol. The zero-order valence-corrected chi connectivity index (χ0v) is 14.0. The van der Waals surface area contributed by atoms with E-state index in [1.165, 1.54) is 44.9 Å². The highest BCUT2D eigenvalue weighted by molar-refractivity contribution is 7.98. The van der Waals surface area contributed by atoms with E-state index in [1.807, 2.05) is 6.26 Å². The predicted molar refractivity (Wildman–Crippen MR) is 89.0 cm³/mol. The summed E-state index contributed by atoms with van der Waals surface area (Å²) in [6.07, 6.45) is 12.1. The van der Waals surface area contributed by atoms with E-state index in [0.29, 0.717) is 5.92 Å². The SMILES string of the molecule is CCCCC1CCC(CNC(=O)[C@@H](N)CCSC)CC1. The summed E-state index contributed by atoms with van der Waals surface area (Å²) in [7, 11) is 0. The van der Waals surface area contributed by atoms with Crippen LogP contribution in [0, 0.1) is 11.8 Å². The number of nitrogens with two attached hydrogens (primary N) is 1. The molecule has 4 heteroatoms. The van der Waals surface area contributed by atoms with Gasteiger partial charge < -0.3 is 11.1 Å². The Morgan fingerprint density at radius 1 is 1.30 bits per heavy atom. The first kappa shape index (κ1) is 17.8. The number of hydrogen-bond acceptors (Lipinski definition) is 3. The molecule has 0 unspecified atom stereocenters. The van der Waals surface area contributed by atoms with Crippen LogP contribution in [0.5, 0.6) is 0 Å². The minimum Gasteiger partial charge on any atom is -0.354 e. The van der Waals surface area contributed by atoms with Crippen LogP contribution >= 0.6 is 11.8 Å². The largest absolute Gasteiger partial charge is 0.354 e. The Morgan fingerprint density at radius 2 is 1.95 bits per heavy atom. The fourth-order valence-electron chi connectivity index (χ4n) is 2.97. The molecular formula is C16H32N2OS. The van der Waals surface area contributed by atoms with Crippen LogP contribution in [0.2, 0.25) is 0 Å². The van der Waals surface area contributed by atoms with E-state index in [4.69, 9.17) is 5.73 Å². The summed E-state index contributed by atoms with van der Waals surface area (Å²) in [6.45, 7) is 3.09. The smallest absolute Gasteiger partial charge is 0.236 e. The first-order valence-electron chi connectivity index (χ1n) is 8.19. The molecule has 0 radical (unpaired) electrons. The highest BCUT2D eigenvalue weighted by atomic mass is 32.2. The van der Waals surface area contributed by atoms with Gasteiger partial charge >= 0.3 is 0 Å². The summed E-state index contributed by atoms with van der Waals surface area (Å²) in [4.78, 5) is 11.9. The first-order valence-corrected chi connectivity index (χ1v) is 9.59. The highest BCUT2D eigenvalue weighted by Gasteiger charge is 2.22. The van der Waals surface area contributed by atoms with E-state index >= 15 is 0 Å². The standard InChI is InChI=1S/C16H32N2OS/c1-3-4-5-13-6-8-14(9-7-13)12-18-16(19)15(17)10-11-20-2/h13-15H,3-12,17H2,1-2H3,(H,18,19)/t13?,14?,15-/m0/s1. The second-order valence-corrected chi connectivity index (χ2v) is 7.15. The number of carbonyl (C=O) groups excluding carboxylic acids is 1. The van der Waals surface area contributed by atoms with Crippen LogP contribution < -0.4 is 11.1 Å². The minimum absolute atomic E-state index is 0.0344. The van der Waals surface area contributed by atoms with E-state index in [2.05, 4.69) is 12.2 Å². The lowest BCUT2D eigenvalue weighted by molar-refractivity contribution is -0.122. The van der Waals surface area contributed by atoms with Crippen LogP contribution in [0.4, 0.5) is 0 Å². The third-order valence-electron chi connectivity index (χ3n) is 4.47. The molecule has 1 fully saturated rings. The van der Waals surface area contributed by atoms with Crippen LogP contribution in [0.1, 0.15) is 58.3 Å². The van der Waals surface area contributed by atoms with Crippen LogP contribution in [0.3, 0.4) is 0 Å². The lowest BCUT2D eigenvalue weighted by Crippen LogP contribution is -2.43. The maximum Gasteiger partial charge on any atom is 0.236 e. The number of unbranched alkanes of at least 4 members (excludes halogenated alkanes) is 1. The molecule has 0 aromatic carbocycles. The van der Waals surface area contributed by atoms with Gasteiger partial charge in [0, 0.05) is 6.54 Å². The maximum absolute atomic E-state index is 11.9. The van der Waals surface area contributed by atoms with Crippen molar-refractivity contribution in [3.63, 3.8) is 0 Å². The van der Waals surface area contributed by atoms with Gasteiger partial charge in [-0.15, -0.1) is 0 Å². The number of carbonyl (C=O) groups is 1. The summed E-state index contributed by atoms with van der Waals surface area (Å²) < 4.78 is 0. The van der Waals surface area contributed by atoms with Gasteiger partial charge in [0.2, 0.25) is 5.91 Å². The third-order valence-corrected chi connectivity index (χ3v) is 5.11. The molecule has 0 spiro atoms. The van der Waals surface area contributed by atoms with Crippen molar-refractivity contribution in [2.75, 3.05) is 18.6 Å². The van der Waals surface area contributed by atoms with Crippen LogP contribution in [0.25, 0.3) is 0 Å². The van der Waals surface area contributed by atoms with Crippen molar-refractivity contribution in [3.8, 4) is 0 Å². The van der Waals surface area contributed by atoms with E-state index in [1.54, 1.807) is 11.8 Å². The average Bonchev–Trinajstić information content (AvgIpc) is 2.49. The van der Waals surface area contributed by atoms with Crippen molar-refractivity contribution in [1.82, 2.24) is 5.32 Å². The number of hydrogen-bond donors (Lipinski definition) is 2. The molecule has 1 atom stereocenters. The Kier molecular flexibility index (Phi) is 9.36. The molecule has 0 aromatic rings. The van der Waals surface area contributed by atoms with Gasteiger partial charge in [0.1, 0.15) is 0 Å². The summed E-state index contributed by atoms with van der Waals surface area (Å²) >= 11 is 1.74. The summed E-state index contributed by atoms with van der Waals surface area (Å²) in [5.74, 6) is 2.60. The highest BCUT2D eigenvalue weighted by Crippen LogP contribution is 2.31. The molecule has 1 saturated carbocycles. The van der Waals surface area contributed by atoms with Crippen molar-refractivity contribution < 1.29 is 4.79 Å². The number of amides is 1. The van der Waals surface area contributed by atoms with Gasteiger partial charge in [-0.3, -0.25) is 4.79 Å². The predicted octanol–water partition coefficient (Wildman–Crippen LogP) is 3.18. The second-order valence-electron chi connectivity index (χ2n) is 6.16. The molecule has 0 aromatic heterocycles. The number of rotatable bonds is 9. The molecule has 0 heterocycles. The zero-order chi connectivity index (χ0) is 14.8. The summed E-state index contributed by atoms with van der Waals surface area (Å²) in [5, 5.41) is 3.05. The first-order chi connectivity index (χ1) is 9.67. The third kappa shape index (κ3) is 6.98. The van der Waals surface area contributed by atoms with E-state index in [9.17, 15) is 4.79 Å². The van der Waals surface area contributed by atoms with Gasteiger partial charge in [0.05, 0.1) is 6.04 Å². The van der Waals surface area contributed by atoms with E-state index in [0.717, 1.165) is 24.6 Å². The zero-order valence-electron chi connectivity index (χ0n) is 13.2. The van der Waals surface area contributed by atoms with Crippen molar-refractivity contribution >= 4 is 17.7 Å². The molecule has 3 N–H and O–H groups in total. The Labute approximate surface area is 128 Å². The lowest BCUT2D eigenvalue weighted by atomic mass is 9.80. The Morgan fingerprint density at radius 3 is 2.55 bits per heavy atom. The quantitative estimate of drug-likeness (QED) is 0.687. The number of thioether (sulfide) groups is 1. The normalized spacial score (nSPS) is 24.4. The van der Waals surface area contributed by atoms with Crippen molar-refractivity contribution in [3.05, 3.63) is 0 Å². The Bertz CT molecular complexity index is 265. The van der Waals surface area contributed by atoms with Gasteiger partial charge in [-0.2, -0.15) is 11.8 Å². The number of nitrogens with one attached hydrogen (secondary N) is 1. The molecule has 1 rings (SSSR count). The van der Waals surface area contributed by atoms with E-state index in [-0.39, 0.29) is 11.9 Å². The minimum atomic E-state index is -0.330. The fraction of sp³-hybridized carbons (Fsp3) is 0.938. The maximum atomic E-state index is 11.9. The topological polar surface area (TPSA) is 55.1 Å². The van der Waals surface area contributed by atoms with Crippen LogP contribution in [-0.2, 0) is 4.79 Å². The Hall–Kier alpha value is -0.220. The fourth-order valence-corrected chi connectivity index (χ4v) is 3.46. The summed E-state index contributed by atoms with van der Waals surface area (Å²) in [5.41, 5.74) is 5.87. The second kappa shape index (κ2) is 10.5. The molecule has 1 aliphatic carbocycles. The van der Waals surface area contributed by atoms with Gasteiger partial charge in [0.25, 0.3) is 0 Å². The lowest BCUT2D eigenvalue weighted by Gasteiger charge is -2.28. The van der Waals surface area contributed by atoms with E-state index < -0.39 is 0 Å². The molecule has 1 amide bonds. The van der Waals surface area contributed by atoms with Crippen molar-refractivity contribution in [2.45, 2.75) is 64.3 Å². The summed E-state index contributed by atoms with van der Waals surface area (Å²) in [6, 6.07) is -0.330.